The molecular weight excluding hydrogens is 121 g/mol. The van der Waals surface area contributed by atoms with E-state index in [9.17, 15) is 4.39 Å². The van der Waals surface area contributed by atoms with E-state index in [0.29, 0.717) is 0 Å². The molecule has 0 unspecified atom stereocenters. The average Bonchev–Trinajstić information content (AvgIpc) is 1.84. The van der Waals surface area contributed by atoms with E-state index in [0.717, 1.165) is 0 Å². The van der Waals surface area contributed by atoms with Gasteiger partial charge in [0.1, 0.15) is 0 Å². The maximum Gasteiger partial charge on any atom is 0.183 e. The van der Waals surface area contributed by atoms with Crippen LogP contribution >= 0.6 is 0 Å². The van der Waals surface area contributed by atoms with Crippen molar-refractivity contribution in [3.8, 4) is 0 Å². The van der Waals surface area contributed by atoms with Crippen molar-refractivity contribution in [3.05, 3.63) is 11.5 Å². The molecule has 0 atom stereocenters. The number of allylic oxidation sites excluding steroid dienone is 1. The second kappa shape index (κ2) is 3.06. The zero-order chi connectivity index (χ0) is 7.44. The second-order valence-corrected chi connectivity index (χ2v) is 1.60. The van der Waals surface area contributed by atoms with Gasteiger partial charge in [-0.25, -0.2) is 4.39 Å². The van der Waals surface area contributed by atoms with E-state index in [-0.39, 0.29) is 5.70 Å². The molecule has 0 saturated heterocycles. The number of amidine groups is 1. The molecule has 0 saturated carbocycles. The third-order valence-electron chi connectivity index (χ3n) is 0.941. The fourth-order valence-electron chi connectivity index (χ4n) is 0.312. The Hall–Kier alpha value is -1.06. The summed E-state index contributed by atoms with van der Waals surface area (Å²) in [5, 5.41) is 9.17. The number of nitrogens with two attached hydrogens (primary N) is 1. The fraction of sp³-hybridized carbons (Fsp3) is 0.400. The van der Waals surface area contributed by atoms with Gasteiger partial charge in [0.15, 0.2) is 11.7 Å². The van der Waals surface area contributed by atoms with Crippen LogP contribution in [-0.2, 0) is 0 Å². The van der Waals surface area contributed by atoms with E-state index >= 15 is 0 Å². The smallest absolute Gasteiger partial charge is 0.183 e. The molecular formula is C5H10FN3. The third kappa shape index (κ3) is 2.12. The molecule has 0 radical (unpaired) electrons. The molecule has 0 aliphatic carbocycles. The molecule has 0 aliphatic rings. The van der Waals surface area contributed by atoms with Crippen LogP contribution in [0.5, 0.6) is 0 Å². The summed E-state index contributed by atoms with van der Waals surface area (Å²) < 4.78 is 12.4. The number of nitrogens with one attached hydrogen (secondary N) is 2. The maximum absolute atomic E-state index is 12.4. The zero-order valence-corrected chi connectivity index (χ0v) is 5.46. The van der Waals surface area contributed by atoms with Crippen LogP contribution in [0.2, 0.25) is 0 Å². The maximum atomic E-state index is 12.4. The minimum atomic E-state index is -0.697. The topological polar surface area (TPSA) is 61.9 Å². The van der Waals surface area contributed by atoms with Crippen molar-refractivity contribution < 1.29 is 4.39 Å². The average molecular weight is 131 g/mol. The van der Waals surface area contributed by atoms with E-state index in [2.05, 4.69) is 5.32 Å². The molecule has 4 heteroatoms. The van der Waals surface area contributed by atoms with Crippen LogP contribution in [0.4, 0.5) is 4.39 Å². The van der Waals surface area contributed by atoms with Gasteiger partial charge in [-0.2, -0.15) is 0 Å². The first-order valence-electron chi connectivity index (χ1n) is 2.48. The molecule has 0 aromatic rings. The molecule has 0 bridgehead atoms. The first-order valence-corrected chi connectivity index (χ1v) is 2.48. The minimum Gasteiger partial charge on any atom is -0.389 e. The Kier molecular flexibility index (Phi) is 2.70. The van der Waals surface area contributed by atoms with Gasteiger partial charge < -0.3 is 11.1 Å². The molecule has 0 fully saturated rings. The molecule has 0 spiro atoms. The third-order valence-corrected chi connectivity index (χ3v) is 0.941. The zero-order valence-electron chi connectivity index (χ0n) is 5.46. The molecule has 3 nitrogen and oxygen atoms in total. The molecule has 0 heterocycles. The van der Waals surface area contributed by atoms with Gasteiger partial charge in [-0.3, -0.25) is 5.41 Å². The predicted octanol–water partition coefficient (Wildman–Crippen LogP) is 0.343. The van der Waals surface area contributed by atoms with E-state index in [1.54, 1.807) is 7.05 Å². The Morgan fingerprint density at radius 2 is 2.11 bits per heavy atom. The van der Waals surface area contributed by atoms with Crippen molar-refractivity contribution in [1.82, 2.24) is 5.32 Å². The lowest BCUT2D eigenvalue weighted by Crippen LogP contribution is -2.15. The molecule has 0 aliphatic heterocycles. The summed E-state index contributed by atoms with van der Waals surface area (Å²) in [5.74, 6) is -1.24. The fourth-order valence-corrected chi connectivity index (χ4v) is 0.312. The Bertz CT molecular complexity index is 150. The van der Waals surface area contributed by atoms with Crippen LogP contribution in [0.25, 0.3) is 0 Å². The lowest BCUT2D eigenvalue weighted by Gasteiger charge is -1.99. The van der Waals surface area contributed by atoms with Crippen LogP contribution in [-0.4, -0.2) is 12.9 Å². The van der Waals surface area contributed by atoms with E-state index in [4.69, 9.17) is 11.1 Å². The van der Waals surface area contributed by atoms with Gasteiger partial charge in [-0.05, 0) is 6.92 Å². The number of hydrogen-bond donors (Lipinski definition) is 3. The van der Waals surface area contributed by atoms with Gasteiger partial charge in [0.2, 0.25) is 0 Å². The minimum absolute atomic E-state index is 0.280. The first-order chi connectivity index (χ1) is 4.09. The highest BCUT2D eigenvalue weighted by Crippen LogP contribution is 1.99. The van der Waals surface area contributed by atoms with Crippen molar-refractivity contribution >= 4 is 5.84 Å². The summed E-state index contributed by atoms with van der Waals surface area (Å²) in [4.78, 5) is 0. The molecule has 9 heavy (non-hydrogen) atoms. The van der Waals surface area contributed by atoms with Crippen LogP contribution in [0.3, 0.4) is 0 Å². The summed E-state index contributed by atoms with van der Waals surface area (Å²) in [6.45, 7) is 1.51. The van der Waals surface area contributed by atoms with Crippen molar-refractivity contribution in [3.63, 3.8) is 0 Å². The van der Waals surface area contributed by atoms with E-state index < -0.39 is 11.7 Å². The van der Waals surface area contributed by atoms with Crippen molar-refractivity contribution in [1.29, 1.82) is 5.41 Å². The monoisotopic (exact) mass is 131 g/mol. The van der Waals surface area contributed by atoms with Gasteiger partial charge in [-0.1, -0.05) is 0 Å². The molecule has 0 amide bonds. The van der Waals surface area contributed by atoms with Gasteiger partial charge in [0, 0.05) is 12.7 Å². The van der Waals surface area contributed by atoms with E-state index in [1.807, 2.05) is 0 Å². The Morgan fingerprint density at radius 3 is 2.22 bits per heavy atom. The Balaban J connectivity index is 4.28. The first kappa shape index (κ1) is 7.94. The van der Waals surface area contributed by atoms with Gasteiger partial charge in [0.25, 0.3) is 0 Å². The quantitative estimate of drug-likeness (QED) is 0.374. The highest BCUT2D eigenvalue weighted by atomic mass is 19.1. The van der Waals surface area contributed by atoms with Crippen LogP contribution in [0, 0.1) is 5.41 Å². The van der Waals surface area contributed by atoms with Crippen LogP contribution < -0.4 is 11.1 Å². The van der Waals surface area contributed by atoms with Crippen LogP contribution in [0.15, 0.2) is 11.5 Å². The van der Waals surface area contributed by atoms with Gasteiger partial charge in [0.05, 0.1) is 0 Å². The summed E-state index contributed by atoms with van der Waals surface area (Å²) in [6, 6.07) is 0. The van der Waals surface area contributed by atoms with Crippen molar-refractivity contribution in [2.75, 3.05) is 7.05 Å². The van der Waals surface area contributed by atoms with E-state index in [1.165, 1.54) is 6.92 Å². The van der Waals surface area contributed by atoms with Crippen molar-refractivity contribution in [2.45, 2.75) is 6.92 Å². The summed E-state index contributed by atoms with van der Waals surface area (Å²) in [6.07, 6.45) is 0. The lowest BCUT2D eigenvalue weighted by molar-refractivity contribution is 0.652. The summed E-state index contributed by atoms with van der Waals surface area (Å²) in [5.41, 5.74) is 5.10. The predicted molar refractivity (Wildman–Crippen MR) is 34.8 cm³/mol. The Morgan fingerprint density at radius 1 is 1.67 bits per heavy atom. The van der Waals surface area contributed by atoms with Crippen molar-refractivity contribution in [2.24, 2.45) is 5.73 Å². The number of rotatable bonds is 2. The summed E-state index contributed by atoms with van der Waals surface area (Å²) in [7, 11) is 1.57. The molecule has 52 valence electrons. The normalized spacial score (nSPS) is 12.3. The Labute approximate surface area is 53.3 Å². The number of halogens is 1. The van der Waals surface area contributed by atoms with Gasteiger partial charge in [-0.15, -0.1) is 0 Å². The molecule has 0 aromatic heterocycles. The highest BCUT2D eigenvalue weighted by Gasteiger charge is 2.01. The highest BCUT2D eigenvalue weighted by molar-refractivity contribution is 5.92. The summed E-state index contributed by atoms with van der Waals surface area (Å²) >= 11 is 0. The lowest BCUT2D eigenvalue weighted by atomic mass is 10.4. The second-order valence-electron chi connectivity index (χ2n) is 1.60. The molecule has 0 rings (SSSR count). The molecule has 0 aromatic carbocycles. The molecule has 4 N–H and O–H groups in total. The largest absolute Gasteiger partial charge is 0.389 e. The van der Waals surface area contributed by atoms with Gasteiger partial charge >= 0.3 is 0 Å². The SMILES string of the molecule is CN/C(C)=C(/F)C(=N)N. The standard InChI is InChI=1S/C5H10FN3/c1-3(9-2)4(6)5(7)8/h9H,1-2H3,(H3,7,8)/b4-3+. The number of hydrogen-bond acceptors (Lipinski definition) is 2. The van der Waals surface area contributed by atoms with Crippen LogP contribution in [0.1, 0.15) is 6.92 Å².